The molecule has 120 valence electrons. The molecule has 1 heterocycles. The summed E-state index contributed by atoms with van der Waals surface area (Å²) in [7, 11) is 0. The third kappa shape index (κ3) is 3.41. The van der Waals surface area contributed by atoms with Gasteiger partial charge in [0.2, 0.25) is 0 Å². The summed E-state index contributed by atoms with van der Waals surface area (Å²) >= 11 is 0. The van der Waals surface area contributed by atoms with E-state index < -0.39 is 11.5 Å². The van der Waals surface area contributed by atoms with Crippen LogP contribution in [0.1, 0.15) is 52.4 Å². The molecule has 21 heavy (non-hydrogen) atoms. The maximum Gasteiger partial charge on any atom is 0.323 e. The number of carboxylic acids is 1. The van der Waals surface area contributed by atoms with E-state index in [1.807, 2.05) is 0 Å². The van der Waals surface area contributed by atoms with Crippen LogP contribution in [-0.4, -0.2) is 58.9 Å². The Morgan fingerprint density at radius 2 is 2.10 bits per heavy atom. The third-order valence-electron chi connectivity index (χ3n) is 5.16. The van der Waals surface area contributed by atoms with Crippen molar-refractivity contribution in [2.45, 2.75) is 75.6 Å². The number of aliphatic carboxylic acids is 1. The maximum atomic E-state index is 11.9. The molecule has 3 fully saturated rings. The second kappa shape index (κ2) is 5.52. The van der Waals surface area contributed by atoms with Gasteiger partial charge in [-0.25, -0.2) is 0 Å². The highest BCUT2D eigenvalue weighted by Crippen LogP contribution is 2.36. The number of carboxylic acid groups (broad SMARTS) is 1. The normalized spacial score (nSPS) is 37.3. The highest BCUT2D eigenvalue weighted by atomic mass is 16.5. The lowest BCUT2D eigenvalue weighted by molar-refractivity contribution is -0.149. The van der Waals surface area contributed by atoms with Gasteiger partial charge in [0.25, 0.3) is 0 Å². The quantitative estimate of drug-likeness (QED) is 0.825. The molecule has 0 spiro atoms. The fourth-order valence-electron chi connectivity index (χ4n) is 3.93. The molecule has 3 rings (SSSR count). The summed E-state index contributed by atoms with van der Waals surface area (Å²) in [5.74, 6) is -0.661. The minimum absolute atomic E-state index is 0.120. The van der Waals surface area contributed by atoms with Gasteiger partial charge < -0.3 is 9.84 Å². The van der Waals surface area contributed by atoms with Crippen molar-refractivity contribution < 1.29 is 14.6 Å². The number of carbonyl (C=O) groups is 1. The number of hydrogen-bond donors (Lipinski definition) is 2. The lowest BCUT2D eigenvalue weighted by atomic mass is 9.77. The van der Waals surface area contributed by atoms with Crippen molar-refractivity contribution in [3.05, 3.63) is 0 Å². The smallest absolute Gasteiger partial charge is 0.323 e. The van der Waals surface area contributed by atoms with E-state index in [1.54, 1.807) is 0 Å². The molecule has 0 aromatic rings. The number of hydrogen-bond acceptors (Lipinski definition) is 4. The van der Waals surface area contributed by atoms with Crippen LogP contribution in [0, 0.1) is 0 Å². The second-order valence-corrected chi connectivity index (χ2v) is 7.63. The van der Waals surface area contributed by atoms with E-state index in [1.165, 1.54) is 0 Å². The van der Waals surface area contributed by atoms with Gasteiger partial charge in [-0.3, -0.25) is 15.0 Å². The highest BCUT2D eigenvalue weighted by molar-refractivity contribution is 5.79. The van der Waals surface area contributed by atoms with Crippen LogP contribution in [0.25, 0.3) is 0 Å². The minimum Gasteiger partial charge on any atom is -0.480 e. The number of morpholine rings is 1. The fourth-order valence-corrected chi connectivity index (χ4v) is 3.93. The topological polar surface area (TPSA) is 61.8 Å². The van der Waals surface area contributed by atoms with E-state index in [0.717, 1.165) is 58.2 Å². The predicted molar refractivity (Wildman–Crippen MR) is 80.4 cm³/mol. The molecular formula is C16H28N2O3. The van der Waals surface area contributed by atoms with E-state index in [-0.39, 0.29) is 5.60 Å². The molecular weight excluding hydrogens is 268 g/mol. The molecule has 0 bridgehead atoms. The van der Waals surface area contributed by atoms with Crippen LogP contribution in [0.2, 0.25) is 0 Å². The van der Waals surface area contributed by atoms with Crippen molar-refractivity contribution in [3.8, 4) is 0 Å². The Hall–Kier alpha value is -0.650. The Kier molecular flexibility index (Phi) is 4.01. The molecule has 2 unspecified atom stereocenters. The Morgan fingerprint density at radius 3 is 2.71 bits per heavy atom. The summed E-state index contributed by atoms with van der Waals surface area (Å²) in [5.41, 5.74) is -0.821. The molecule has 2 saturated carbocycles. The number of nitrogens with one attached hydrogen (secondary N) is 1. The molecule has 1 saturated heterocycles. The van der Waals surface area contributed by atoms with Crippen molar-refractivity contribution >= 4 is 5.97 Å². The molecule has 2 atom stereocenters. The van der Waals surface area contributed by atoms with Gasteiger partial charge in [0, 0.05) is 25.2 Å². The van der Waals surface area contributed by atoms with E-state index in [0.29, 0.717) is 12.1 Å². The summed E-state index contributed by atoms with van der Waals surface area (Å²) < 4.78 is 5.79. The number of ether oxygens (including phenoxy) is 1. The third-order valence-corrected chi connectivity index (χ3v) is 5.16. The van der Waals surface area contributed by atoms with Crippen molar-refractivity contribution in [1.82, 2.24) is 10.2 Å². The standard InChI is InChI=1S/C16H28N2O3/c1-15(2)11-18(8-9-21-15)13-4-3-7-16(10-13,14(19)20)17-12-5-6-12/h12-13,17H,3-11H2,1-2H3,(H,19,20). The molecule has 2 aliphatic carbocycles. The van der Waals surface area contributed by atoms with Crippen molar-refractivity contribution in [2.75, 3.05) is 19.7 Å². The second-order valence-electron chi connectivity index (χ2n) is 7.63. The van der Waals surface area contributed by atoms with E-state index in [9.17, 15) is 9.90 Å². The van der Waals surface area contributed by atoms with Crippen LogP contribution in [0.3, 0.4) is 0 Å². The Balaban J connectivity index is 1.70. The Bertz CT molecular complexity index is 408. The fraction of sp³-hybridized carbons (Fsp3) is 0.938. The summed E-state index contributed by atoms with van der Waals surface area (Å²) in [4.78, 5) is 14.3. The first kappa shape index (κ1) is 15.3. The Morgan fingerprint density at radius 1 is 1.33 bits per heavy atom. The first-order valence-electron chi connectivity index (χ1n) is 8.29. The average Bonchev–Trinajstić information content (AvgIpc) is 3.21. The monoisotopic (exact) mass is 296 g/mol. The van der Waals surface area contributed by atoms with Crippen molar-refractivity contribution in [2.24, 2.45) is 0 Å². The van der Waals surface area contributed by atoms with Gasteiger partial charge in [0.15, 0.2) is 0 Å². The molecule has 2 N–H and O–H groups in total. The van der Waals surface area contributed by atoms with Crippen LogP contribution >= 0.6 is 0 Å². The summed E-state index contributed by atoms with van der Waals surface area (Å²) in [5, 5.41) is 13.2. The molecule has 5 nitrogen and oxygen atoms in total. The molecule has 1 aliphatic heterocycles. The molecule has 3 aliphatic rings. The van der Waals surface area contributed by atoms with Gasteiger partial charge in [-0.05, 0) is 52.4 Å². The molecule has 0 radical (unpaired) electrons. The van der Waals surface area contributed by atoms with Gasteiger partial charge >= 0.3 is 5.97 Å². The van der Waals surface area contributed by atoms with E-state index in [4.69, 9.17) is 4.74 Å². The SMILES string of the molecule is CC1(C)CN(C2CCCC(NC3CC3)(C(=O)O)C2)CCO1. The molecule has 0 aromatic heterocycles. The van der Waals surface area contributed by atoms with Crippen LogP contribution in [-0.2, 0) is 9.53 Å². The summed E-state index contributed by atoms with van der Waals surface area (Å²) in [6.07, 6.45) is 5.86. The lowest BCUT2D eigenvalue weighted by Gasteiger charge is -2.47. The van der Waals surface area contributed by atoms with Crippen molar-refractivity contribution in [1.29, 1.82) is 0 Å². The molecule has 0 amide bonds. The zero-order valence-corrected chi connectivity index (χ0v) is 13.2. The summed E-state index contributed by atoms with van der Waals surface area (Å²) in [6.45, 7) is 6.81. The van der Waals surface area contributed by atoms with Crippen LogP contribution in [0.4, 0.5) is 0 Å². The Labute approximate surface area is 127 Å². The zero-order chi connectivity index (χ0) is 15.1. The van der Waals surface area contributed by atoms with Gasteiger partial charge in [-0.1, -0.05) is 0 Å². The van der Waals surface area contributed by atoms with Gasteiger partial charge in [0.1, 0.15) is 5.54 Å². The van der Waals surface area contributed by atoms with E-state index >= 15 is 0 Å². The maximum absolute atomic E-state index is 11.9. The lowest BCUT2D eigenvalue weighted by Crippen LogP contribution is -2.61. The van der Waals surface area contributed by atoms with Crippen molar-refractivity contribution in [3.63, 3.8) is 0 Å². The predicted octanol–water partition coefficient (Wildman–Crippen LogP) is 1.62. The average molecular weight is 296 g/mol. The minimum atomic E-state index is -0.702. The van der Waals surface area contributed by atoms with Crippen LogP contribution in [0.5, 0.6) is 0 Å². The van der Waals surface area contributed by atoms with Gasteiger partial charge in [-0.15, -0.1) is 0 Å². The van der Waals surface area contributed by atoms with E-state index in [2.05, 4.69) is 24.1 Å². The first-order chi connectivity index (χ1) is 9.90. The van der Waals surface area contributed by atoms with Gasteiger partial charge in [0.05, 0.1) is 12.2 Å². The zero-order valence-electron chi connectivity index (χ0n) is 13.2. The number of rotatable bonds is 4. The summed E-state index contributed by atoms with van der Waals surface area (Å²) in [6, 6.07) is 0.797. The van der Waals surface area contributed by atoms with Crippen LogP contribution < -0.4 is 5.32 Å². The first-order valence-corrected chi connectivity index (χ1v) is 8.29. The number of nitrogens with zero attached hydrogens (tertiary/aromatic N) is 1. The molecule has 5 heteroatoms. The molecule has 0 aromatic carbocycles. The highest BCUT2D eigenvalue weighted by Gasteiger charge is 2.47. The van der Waals surface area contributed by atoms with Gasteiger partial charge in [-0.2, -0.15) is 0 Å². The largest absolute Gasteiger partial charge is 0.480 e. The van der Waals surface area contributed by atoms with Crippen LogP contribution in [0.15, 0.2) is 0 Å².